The van der Waals surface area contributed by atoms with Gasteiger partial charge in [0.1, 0.15) is 11.5 Å². The molecular weight excluding hydrogens is 287 g/mol. The number of carbonyl (C=O) groups excluding carboxylic acids is 1. The Morgan fingerprint density at radius 3 is 2.62 bits per heavy atom. The second kappa shape index (κ2) is 5.88. The summed E-state index contributed by atoms with van der Waals surface area (Å²) in [6, 6.07) is 1.93. The molecule has 2 N–H and O–H groups in total. The van der Waals surface area contributed by atoms with Gasteiger partial charge in [0, 0.05) is 19.7 Å². The highest BCUT2D eigenvalue weighted by Crippen LogP contribution is 2.35. The molecule has 0 bridgehead atoms. The summed E-state index contributed by atoms with van der Waals surface area (Å²) in [7, 11) is 1.50. The first-order valence-corrected chi connectivity index (χ1v) is 6.48. The lowest BCUT2D eigenvalue weighted by Crippen LogP contribution is -2.33. The average Bonchev–Trinajstić information content (AvgIpc) is 3.22. The normalized spacial score (nSPS) is 15.0. The molecule has 2 rings (SSSR count). The van der Waals surface area contributed by atoms with Gasteiger partial charge in [-0.2, -0.15) is 13.2 Å². The predicted molar refractivity (Wildman–Crippen MR) is 70.0 cm³/mol. The standard InChI is InChI=1S/C13H16F3N3O2/c1-21-7-6-19(8-2-3-8)12-9(11(17)20)4-5-10(18-12)13(14,15)16/h4-5,8H,2-3,6-7H2,1H3,(H2,17,20). The van der Waals surface area contributed by atoms with Crippen LogP contribution >= 0.6 is 0 Å². The smallest absolute Gasteiger partial charge is 0.383 e. The van der Waals surface area contributed by atoms with E-state index in [-0.39, 0.29) is 17.4 Å². The third-order valence-corrected chi connectivity index (χ3v) is 3.23. The summed E-state index contributed by atoms with van der Waals surface area (Å²) in [4.78, 5) is 16.7. The molecule has 0 unspecified atom stereocenters. The SMILES string of the molecule is COCCN(c1nc(C(F)(F)F)ccc1C(N)=O)C1CC1. The van der Waals surface area contributed by atoms with Crippen molar-refractivity contribution < 1.29 is 22.7 Å². The number of nitrogens with zero attached hydrogens (tertiary/aromatic N) is 2. The maximum atomic E-state index is 12.8. The number of hydrogen-bond acceptors (Lipinski definition) is 4. The van der Waals surface area contributed by atoms with Crippen LogP contribution in [0, 0.1) is 0 Å². The van der Waals surface area contributed by atoms with Gasteiger partial charge < -0.3 is 15.4 Å². The number of hydrogen-bond donors (Lipinski definition) is 1. The molecule has 5 nitrogen and oxygen atoms in total. The number of nitrogens with two attached hydrogens (primary N) is 1. The van der Waals surface area contributed by atoms with E-state index in [1.54, 1.807) is 4.90 Å². The number of alkyl halides is 3. The molecule has 8 heteroatoms. The Bertz CT molecular complexity index is 530. The van der Waals surface area contributed by atoms with Crippen molar-refractivity contribution in [2.75, 3.05) is 25.2 Å². The maximum absolute atomic E-state index is 12.8. The van der Waals surface area contributed by atoms with E-state index in [4.69, 9.17) is 10.5 Å². The zero-order valence-corrected chi connectivity index (χ0v) is 11.5. The topological polar surface area (TPSA) is 68.4 Å². The second-order valence-corrected chi connectivity index (χ2v) is 4.85. The van der Waals surface area contributed by atoms with E-state index in [0.717, 1.165) is 25.0 Å². The van der Waals surface area contributed by atoms with Crippen molar-refractivity contribution >= 4 is 11.7 Å². The summed E-state index contributed by atoms with van der Waals surface area (Å²) in [5.74, 6) is -0.814. The molecule has 1 aliphatic carbocycles. The Hall–Kier alpha value is -1.83. The Morgan fingerprint density at radius 1 is 1.48 bits per heavy atom. The monoisotopic (exact) mass is 303 g/mol. The summed E-state index contributed by atoms with van der Waals surface area (Å²) in [5.41, 5.74) is 4.20. The molecule has 1 saturated carbocycles. The summed E-state index contributed by atoms with van der Waals surface area (Å²) >= 11 is 0. The van der Waals surface area contributed by atoms with Gasteiger partial charge in [-0.15, -0.1) is 0 Å². The second-order valence-electron chi connectivity index (χ2n) is 4.85. The fourth-order valence-corrected chi connectivity index (χ4v) is 2.05. The van der Waals surface area contributed by atoms with Crippen molar-refractivity contribution in [2.24, 2.45) is 5.73 Å². The van der Waals surface area contributed by atoms with Crippen LogP contribution in [0.4, 0.5) is 19.0 Å². The number of carbonyl (C=O) groups is 1. The third kappa shape index (κ3) is 3.63. The van der Waals surface area contributed by atoms with Crippen LogP contribution in [0.5, 0.6) is 0 Å². The maximum Gasteiger partial charge on any atom is 0.433 e. The number of methoxy groups -OCH3 is 1. The van der Waals surface area contributed by atoms with Gasteiger partial charge in [-0.1, -0.05) is 0 Å². The molecule has 1 amide bonds. The molecule has 1 heterocycles. The van der Waals surface area contributed by atoms with Crippen molar-refractivity contribution in [1.82, 2.24) is 4.98 Å². The molecule has 0 spiro atoms. The van der Waals surface area contributed by atoms with Gasteiger partial charge in [-0.3, -0.25) is 4.79 Å². The van der Waals surface area contributed by atoms with E-state index in [0.29, 0.717) is 13.2 Å². The Labute approximate surface area is 119 Å². The van der Waals surface area contributed by atoms with Crippen molar-refractivity contribution in [3.05, 3.63) is 23.4 Å². The van der Waals surface area contributed by atoms with E-state index >= 15 is 0 Å². The predicted octanol–water partition coefficient (Wildman–Crippen LogP) is 1.81. The first-order chi connectivity index (χ1) is 9.84. The molecule has 1 aromatic heterocycles. The van der Waals surface area contributed by atoms with Crippen LogP contribution in [0.2, 0.25) is 0 Å². The van der Waals surface area contributed by atoms with E-state index in [9.17, 15) is 18.0 Å². The minimum atomic E-state index is -4.57. The highest BCUT2D eigenvalue weighted by atomic mass is 19.4. The molecule has 0 radical (unpaired) electrons. The van der Waals surface area contributed by atoms with Gasteiger partial charge >= 0.3 is 6.18 Å². The molecule has 1 aromatic rings. The quantitative estimate of drug-likeness (QED) is 0.870. The molecule has 0 aromatic carbocycles. The average molecular weight is 303 g/mol. The van der Waals surface area contributed by atoms with Gasteiger partial charge in [-0.05, 0) is 25.0 Å². The lowest BCUT2D eigenvalue weighted by molar-refractivity contribution is -0.141. The van der Waals surface area contributed by atoms with Crippen LogP contribution in [-0.2, 0) is 10.9 Å². The first-order valence-electron chi connectivity index (χ1n) is 6.48. The van der Waals surface area contributed by atoms with E-state index in [1.807, 2.05) is 0 Å². The zero-order valence-electron chi connectivity index (χ0n) is 11.5. The fourth-order valence-electron chi connectivity index (χ4n) is 2.05. The molecular formula is C13H16F3N3O2. The summed E-state index contributed by atoms with van der Waals surface area (Å²) in [5, 5.41) is 0. The lowest BCUT2D eigenvalue weighted by atomic mass is 10.2. The minimum Gasteiger partial charge on any atom is -0.383 e. The molecule has 1 aliphatic rings. The molecule has 0 saturated heterocycles. The summed E-state index contributed by atoms with van der Waals surface area (Å²) in [6.45, 7) is 0.683. The number of anilines is 1. The number of pyridine rings is 1. The van der Waals surface area contributed by atoms with E-state index in [2.05, 4.69) is 4.98 Å². The number of primary amides is 1. The van der Waals surface area contributed by atoms with Crippen molar-refractivity contribution in [1.29, 1.82) is 0 Å². The number of halogens is 3. The number of ether oxygens (including phenoxy) is 1. The highest BCUT2D eigenvalue weighted by Gasteiger charge is 2.36. The van der Waals surface area contributed by atoms with Crippen LogP contribution in [0.3, 0.4) is 0 Å². The number of amides is 1. The Kier molecular flexibility index (Phi) is 4.36. The van der Waals surface area contributed by atoms with Gasteiger partial charge in [0.05, 0.1) is 12.2 Å². The van der Waals surface area contributed by atoms with Crippen molar-refractivity contribution in [3.8, 4) is 0 Å². The highest BCUT2D eigenvalue weighted by molar-refractivity contribution is 5.97. The molecule has 21 heavy (non-hydrogen) atoms. The van der Waals surface area contributed by atoms with Crippen LogP contribution in [-0.4, -0.2) is 37.2 Å². The van der Waals surface area contributed by atoms with Gasteiger partial charge in [-0.25, -0.2) is 4.98 Å². The number of aromatic nitrogens is 1. The minimum absolute atomic E-state index is 0.00833. The largest absolute Gasteiger partial charge is 0.433 e. The van der Waals surface area contributed by atoms with Crippen LogP contribution in [0.1, 0.15) is 28.9 Å². The zero-order chi connectivity index (χ0) is 15.6. The van der Waals surface area contributed by atoms with E-state index < -0.39 is 17.8 Å². The summed E-state index contributed by atoms with van der Waals surface area (Å²) in [6.07, 6.45) is -2.87. The summed E-state index contributed by atoms with van der Waals surface area (Å²) < 4.78 is 43.4. The molecule has 116 valence electrons. The van der Waals surface area contributed by atoms with Gasteiger partial charge in [0.2, 0.25) is 0 Å². The van der Waals surface area contributed by atoms with Crippen molar-refractivity contribution in [3.63, 3.8) is 0 Å². The lowest BCUT2D eigenvalue weighted by Gasteiger charge is -2.25. The van der Waals surface area contributed by atoms with Crippen LogP contribution in [0.25, 0.3) is 0 Å². The van der Waals surface area contributed by atoms with E-state index in [1.165, 1.54) is 7.11 Å². The Balaban J connectivity index is 2.43. The molecule has 0 atom stereocenters. The molecule has 0 aliphatic heterocycles. The van der Waals surface area contributed by atoms with Crippen LogP contribution < -0.4 is 10.6 Å². The van der Waals surface area contributed by atoms with Crippen molar-refractivity contribution in [2.45, 2.75) is 25.1 Å². The number of rotatable bonds is 6. The third-order valence-electron chi connectivity index (χ3n) is 3.23. The Morgan fingerprint density at radius 2 is 2.14 bits per heavy atom. The van der Waals surface area contributed by atoms with Gasteiger partial charge in [0.15, 0.2) is 0 Å². The molecule has 1 fully saturated rings. The van der Waals surface area contributed by atoms with Crippen LogP contribution in [0.15, 0.2) is 12.1 Å². The van der Waals surface area contributed by atoms with Gasteiger partial charge in [0.25, 0.3) is 5.91 Å². The fraction of sp³-hybridized carbons (Fsp3) is 0.538. The first kappa shape index (κ1) is 15.6.